The Balaban J connectivity index is 1.50. The van der Waals surface area contributed by atoms with E-state index in [-0.39, 0.29) is 5.75 Å². The van der Waals surface area contributed by atoms with Crippen LogP contribution >= 0.6 is 11.8 Å². The van der Waals surface area contributed by atoms with Crippen LogP contribution in [0.3, 0.4) is 0 Å². The fraction of sp³-hybridized carbons (Fsp3) is 0.154. The molecular formula is C26H26N6O6S2. The highest BCUT2D eigenvalue weighted by Crippen LogP contribution is 2.29. The maximum Gasteiger partial charge on any atom is 0.269 e. The summed E-state index contributed by atoms with van der Waals surface area (Å²) in [7, 11) is -0.324. The van der Waals surface area contributed by atoms with E-state index in [4.69, 9.17) is 9.47 Å². The standard InChI is InChI=1S/C26H26N6O6S2/c1-37-21-12-6-18(7-13-21)25(34)29-27-23(33)16-39-26-30-28-24(32(26)20-10-14-22(38-2)15-11-20)17-4-8-19(9-5-17)31-40(3,35)36/h4-15,31H,16H2,1-3H3,(H,27,33)(H,29,34). The van der Waals surface area contributed by atoms with Crippen LogP contribution in [0.25, 0.3) is 17.1 Å². The molecule has 14 heteroatoms. The van der Waals surface area contributed by atoms with Crippen molar-refractivity contribution in [3.05, 3.63) is 78.4 Å². The minimum atomic E-state index is -3.42. The summed E-state index contributed by atoms with van der Waals surface area (Å²) >= 11 is 1.13. The molecule has 4 rings (SSSR count). The summed E-state index contributed by atoms with van der Waals surface area (Å²) in [6.07, 6.45) is 1.07. The number of ether oxygens (including phenoxy) is 2. The Morgan fingerprint density at radius 1 is 0.850 bits per heavy atom. The zero-order valence-electron chi connectivity index (χ0n) is 21.7. The van der Waals surface area contributed by atoms with Gasteiger partial charge in [0.1, 0.15) is 11.5 Å². The van der Waals surface area contributed by atoms with E-state index in [0.29, 0.717) is 39.3 Å². The van der Waals surface area contributed by atoms with E-state index >= 15 is 0 Å². The lowest BCUT2D eigenvalue weighted by Gasteiger charge is -2.12. The number of sulfonamides is 1. The van der Waals surface area contributed by atoms with Crippen LogP contribution < -0.4 is 25.0 Å². The maximum absolute atomic E-state index is 12.5. The number of amides is 2. The number of nitrogens with zero attached hydrogens (tertiary/aromatic N) is 3. The van der Waals surface area contributed by atoms with E-state index in [0.717, 1.165) is 23.7 Å². The van der Waals surface area contributed by atoms with Crippen LogP contribution in [0.1, 0.15) is 10.4 Å². The number of nitrogens with one attached hydrogen (secondary N) is 3. The van der Waals surface area contributed by atoms with E-state index in [1.807, 2.05) is 12.1 Å². The number of hydrazine groups is 1. The number of carbonyl (C=O) groups is 2. The average molecular weight is 583 g/mol. The largest absolute Gasteiger partial charge is 0.497 e. The summed E-state index contributed by atoms with van der Waals surface area (Å²) in [6.45, 7) is 0. The van der Waals surface area contributed by atoms with Gasteiger partial charge in [-0.1, -0.05) is 11.8 Å². The van der Waals surface area contributed by atoms with Gasteiger partial charge in [-0.2, -0.15) is 0 Å². The second-order valence-corrected chi connectivity index (χ2v) is 11.0. The summed E-state index contributed by atoms with van der Waals surface area (Å²) in [5, 5.41) is 9.03. The van der Waals surface area contributed by atoms with Gasteiger partial charge in [0.05, 0.1) is 26.2 Å². The Hall–Kier alpha value is -4.56. The molecule has 40 heavy (non-hydrogen) atoms. The molecule has 1 aromatic heterocycles. The van der Waals surface area contributed by atoms with E-state index < -0.39 is 21.8 Å². The predicted octanol–water partition coefficient (Wildman–Crippen LogP) is 2.88. The predicted molar refractivity (Wildman–Crippen MR) is 151 cm³/mol. The quantitative estimate of drug-likeness (QED) is 0.189. The van der Waals surface area contributed by atoms with Gasteiger partial charge in [0.15, 0.2) is 11.0 Å². The Morgan fingerprint density at radius 3 is 2.02 bits per heavy atom. The van der Waals surface area contributed by atoms with Crippen LogP contribution in [0.5, 0.6) is 11.5 Å². The number of methoxy groups -OCH3 is 2. The van der Waals surface area contributed by atoms with Gasteiger partial charge in [-0.05, 0) is 72.8 Å². The van der Waals surface area contributed by atoms with E-state index in [2.05, 4.69) is 25.8 Å². The fourth-order valence-corrected chi connectivity index (χ4v) is 4.84. The monoisotopic (exact) mass is 582 g/mol. The van der Waals surface area contributed by atoms with Crippen LogP contribution in [0.15, 0.2) is 78.0 Å². The van der Waals surface area contributed by atoms with Gasteiger partial charge in [0.2, 0.25) is 15.9 Å². The Morgan fingerprint density at radius 2 is 1.45 bits per heavy atom. The minimum Gasteiger partial charge on any atom is -0.497 e. The molecule has 0 atom stereocenters. The van der Waals surface area contributed by atoms with Crippen molar-refractivity contribution >= 4 is 39.3 Å². The molecule has 2 amide bonds. The number of anilines is 1. The van der Waals surface area contributed by atoms with E-state index in [9.17, 15) is 18.0 Å². The number of carbonyl (C=O) groups excluding carboxylic acids is 2. The van der Waals surface area contributed by atoms with Crippen LogP contribution in [0.2, 0.25) is 0 Å². The van der Waals surface area contributed by atoms with Gasteiger partial charge in [0.25, 0.3) is 5.91 Å². The molecule has 0 unspecified atom stereocenters. The van der Waals surface area contributed by atoms with Gasteiger partial charge < -0.3 is 9.47 Å². The lowest BCUT2D eigenvalue weighted by molar-refractivity contribution is -0.119. The topological polar surface area (TPSA) is 154 Å². The normalized spacial score (nSPS) is 11.0. The number of aromatic nitrogens is 3. The van der Waals surface area contributed by atoms with Crippen molar-refractivity contribution < 1.29 is 27.5 Å². The minimum absolute atomic E-state index is 0.0611. The number of thioether (sulfide) groups is 1. The van der Waals surface area contributed by atoms with E-state index in [1.165, 1.54) is 7.11 Å². The van der Waals surface area contributed by atoms with Crippen LogP contribution in [-0.4, -0.2) is 61.2 Å². The highest BCUT2D eigenvalue weighted by atomic mass is 32.2. The lowest BCUT2D eigenvalue weighted by atomic mass is 10.2. The molecule has 12 nitrogen and oxygen atoms in total. The van der Waals surface area contributed by atoms with Crippen molar-refractivity contribution in [2.75, 3.05) is 31.0 Å². The second-order valence-electron chi connectivity index (χ2n) is 8.31. The molecule has 0 aliphatic rings. The van der Waals surface area contributed by atoms with Gasteiger partial charge in [-0.15, -0.1) is 10.2 Å². The number of benzene rings is 3. The van der Waals surface area contributed by atoms with Crippen molar-refractivity contribution in [1.82, 2.24) is 25.6 Å². The molecule has 3 aromatic carbocycles. The van der Waals surface area contributed by atoms with Gasteiger partial charge in [0, 0.05) is 22.5 Å². The first-order valence-corrected chi connectivity index (χ1v) is 14.6. The molecule has 0 radical (unpaired) electrons. The van der Waals surface area contributed by atoms with Crippen molar-refractivity contribution in [2.45, 2.75) is 5.16 Å². The Bertz CT molecular complexity index is 1590. The number of hydrogen-bond donors (Lipinski definition) is 3. The molecule has 4 aromatic rings. The average Bonchev–Trinajstić information content (AvgIpc) is 3.38. The highest BCUT2D eigenvalue weighted by Gasteiger charge is 2.18. The first-order valence-electron chi connectivity index (χ1n) is 11.7. The zero-order chi connectivity index (χ0) is 28.7. The molecule has 0 aliphatic heterocycles. The van der Waals surface area contributed by atoms with E-state index in [1.54, 1.807) is 72.3 Å². The molecule has 3 N–H and O–H groups in total. The fourth-order valence-electron chi connectivity index (χ4n) is 3.52. The molecular weight excluding hydrogens is 556 g/mol. The molecule has 0 saturated heterocycles. The first kappa shape index (κ1) is 28.4. The molecule has 208 valence electrons. The van der Waals surface area contributed by atoms with Crippen LogP contribution in [0.4, 0.5) is 5.69 Å². The van der Waals surface area contributed by atoms with Crippen LogP contribution in [-0.2, 0) is 14.8 Å². The van der Waals surface area contributed by atoms with Gasteiger partial charge in [-0.3, -0.25) is 29.7 Å². The zero-order valence-corrected chi connectivity index (χ0v) is 23.4. The summed E-state index contributed by atoms with van der Waals surface area (Å²) in [4.78, 5) is 24.8. The van der Waals surface area contributed by atoms with Gasteiger partial charge >= 0.3 is 0 Å². The van der Waals surface area contributed by atoms with Crippen molar-refractivity contribution in [3.63, 3.8) is 0 Å². The highest BCUT2D eigenvalue weighted by molar-refractivity contribution is 7.99. The third kappa shape index (κ3) is 7.30. The SMILES string of the molecule is COc1ccc(C(=O)NNC(=O)CSc2nnc(-c3ccc(NS(C)(=O)=O)cc3)n2-c2ccc(OC)cc2)cc1. The molecule has 0 spiro atoms. The molecule has 0 aliphatic carbocycles. The first-order chi connectivity index (χ1) is 19.2. The Labute approximate surface area is 235 Å². The Kier molecular flexibility index (Phi) is 8.91. The number of rotatable bonds is 10. The third-order valence-corrected chi connectivity index (χ3v) is 6.95. The summed E-state index contributed by atoms with van der Waals surface area (Å²) in [5.74, 6) is 0.766. The summed E-state index contributed by atoms with van der Waals surface area (Å²) in [6, 6.07) is 20.3. The van der Waals surface area contributed by atoms with Crippen molar-refractivity contribution in [2.24, 2.45) is 0 Å². The molecule has 0 fully saturated rings. The summed E-state index contributed by atoms with van der Waals surface area (Å²) in [5.41, 5.74) is 6.94. The second kappa shape index (κ2) is 12.5. The summed E-state index contributed by atoms with van der Waals surface area (Å²) < 4.78 is 37.6. The van der Waals surface area contributed by atoms with Crippen molar-refractivity contribution in [3.8, 4) is 28.6 Å². The molecule has 0 saturated carbocycles. The molecule has 1 heterocycles. The van der Waals surface area contributed by atoms with Gasteiger partial charge in [-0.25, -0.2) is 8.42 Å². The number of hydrogen-bond acceptors (Lipinski definition) is 9. The maximum atomic E-state index is 12.5. The smallest absolute Gasteiger partial charge is 0.269 e. The lowest BCUT2D eigenvalue weighted by Crippen LogP contribution is -2.42. The van der Waals surface area contributed by atoms with Crippen molar-refractivity contribution in [1.29, 1.82) is 0 Å². The molecule has 0 bridgehead atoms. The van der Waals surface area contributed by atoms with Crippen LogP contribution in [0, 0.1) is 0 Å². The third-order valence-electron chi connectivity index (χ3n) is 5.41.